The van der Waals surface area contributed by atoms with Gasteiger partial charge in [0, 0.05) is 10.2 Å². The standard InChI is InChI=1S/C18H20BrNO2/c1-18(2,3)15-9-4-5-10-16(15)22-12-17(21)20-14-8-6-7-13(19)11-14/h4-11H,12H2,1-3H3,(H,20,21). The quantitative estimate of drug-likeness (QED) is 0.851. The first-order valence-corrected chi connectivity index (χ1v) is 7.93. The van der Waals surface area contributed by atoms with Crippen molar-refractivity contribution in [3.8, 4) is 5.75 Å². The maximum atomic E-state index is 12.0. The van der Waals surface area contributed by atoms with Crippen LogP contribution in [0.1, 0.15) is 26.3 Å². The summed E-state index contributed by atoms with van der Waals surface area (Å²) in [5.74, 6) is 0.571. The van der Waals surface area contributed by atoms with Crippen LogP contribution >= 0.6 is 15.9 Å². The molecule has 0 aliphatic carbocycles. The van der Waals surface area contributed by atoms with E-state index < -0.39 is 0 Å². The van der Waals surface area contributed by atoms with Crippen LogP contribution in [0.5, 0.6) is 5.75 Å². The van der Waals surface area contributed by atoms with Crippen molar-refractivity contribution in [1.29, 1.82) is 0 Å². The fraction of sp³-hybridized carbons (Fsp3) is 0.278. The normalized spacial score (nSPS) is 11.1. The van der Waals surface area contributed by atoms with Crippen molar-refractivity contribution in [1.82, 2.24) is 0 Å². The van der Waals surface area contributed by atoms with Crippen LogP contribution in [-0.4, -0.2) is 12.5 Å². The van der Waals surface area contributed by atoms with Crippen LogP contribution in [0.4, 0.5) is 5.69 Å². The van der Waals surface area contributed by atoms with Gasteiger partial charge in [-0.25, -0.2) is 0 Å². The van der Waals surface area contributed by atoms with Gasteiger partial charge in [0.1, 0.15) is 5.75 Å². The van der Waals surface area contributed by atoms with Crippen molar-refractivity contribution in [2.24, 2.45) is 0 Å². The molecule has 1 amide bonds. The second-order valence-electron chi connectivity index (χ2n) is 6.09. The van der Waals surface area contributed by atoms with Gasteiger partial charge >= 0.3 is 0 Å². The molecule has 0 aliphatic rings. The van der Waals surface area contributed by atoms with Crippen molar-refractivity contribution >= 4 is 27.5 Å². The highest BCUT2D eigenvalue weighted by Gasteiger charge is 2.18. The van der Waals surface area contributed by atoms with Gasteiger partial charge in [-0.15, -0.1) is 0 Å². The van der Waals surface area contributed by atoms with Gasteiger partial charge in [0.25, 0.3) is 5.91 Å². The predicted molar refractivity (Wildman–Crippen MR) is 93.4 cm³/mol. The number of para-hydroxylation sites is 1. The molecular weight excluding hydrogens is 342 g/mol. The van der Waals surface area contributed by atoms with Crippen LogP contribution in [0.2, 0.25) is 0 Å². The minimum atomic E-state index is -0.179. The molecule has 0 spiro atoms. The van der Waals surface area contributed by atoms with E-state index in [4.69, 9.17) is 4.74 Å². The van der Waals surface area contributed by atoms with Gasteiger partial charge in [0.05, 0.1) is 0 Å². The van der Waals surface area contributed by atoms with Crippen LogP contribution in [0.25, 0.3) is 0 Å². The number of halogens is 1. The maximum Gasteiger partial charge on any atom is 0.262 e. The molecule has 0 saturated carbocycles. The lowest BCUT2D eigenvalue weighted by Crippen LogP contribution is -2.21. The van der Waals surface area contributed by atoms with Crippen molar-refractivity contribution in [3.05, 3.63) is 58.6 Å². The van der Waals surface area contributed by atoms with Crippen molar-refractivity contribution < 1.29 is 9.53 Å². The lowest BCUT2D eigenvalue weighted by Gasteiger charge is -2.22. The average Bonchev–Trinajstić information content (AvgIpc) is 2.44. The average molecular weight is 362 g/mol. The summed E-state index contributed by atoms with van der Waals surface area (Å²) in [4.78, 5) is 12.0. The third kappa shape index (κ3) is 4.60. The Labute approximate surface area is 139 Å². The number of anilines is 1. The number of rotatable bonds is 4. The maximum absolute atomic E-state index is 12.0. The molecule has 0 heterocycles. The fourth-order valence-electron chi connectivity index (χ4n) is 2.12. The lowest BCUT2D eigenvalue weighted by atomic mass is 9.86. The first-order chi connectivity index (χ1) is 10.4. The SMILES string of the molecule is CC(C)(C)c1ccccc1OCC(=O)Nc1cccc(Br)c1. The minimum absolute atomic E-state index is 0.0143. The van der Waals surface area contributed by atoms with Crippen LogP contribution in [0.3, 0.4) is 0 Å². The Balaban J connectivity index is 2.00. The van der Waals surface area contributed by atoms with E-state index in [1.807, 2.05) is 48.5 Å². The molecule has 0 bridgehead atoms. The van der Waals surface area contributed by atoms with Gasteiger partial charge in [-0.2, -0.15) is 0 Å². The van der Waals surface area contributed by atoms with E-state index in [1.54, 1.807) is 0 Å². The van der Waals surface area contributed by atoms with Crippen molar-refractivity contribution in [2.45, 2.75) is 26.2 Å². The molecule has 116 valence electrons. The molecule has 0 unspecified atom stereocenters. The topological polar surface area (TPSA) is 38.3 Å². The van der Waals surface area contributed by atoms with Crippen molar-refractivity contribution in [3.63, 3.8) is 0 Å². The third-order valence-corrected chi connectivity index (χ3v) is 3.66. The van der Waals surface area contributed by atoms with E-state index in [1.165, 1.54) is 0 Å². The van der Waals surface area contributed by atoms with E-state index in [0.717, 1.165) is 21.5 Å². The Hall–Kier alpha value is -1.81. The monoisotopic (exact) mass is 361 g/mol. The number of ether oxygens (including phenoxy) is 1. The van der Waals surface area contributed by atoms with Crippen molar-refractivity contribution in [2.75, 3.05) is 11.9 Å². The van der Waals surface area contributed by atoms with E-state index in [2.05, 4.69) is 42.0 Å². The molecule has 0 radical (unpaired) electrons. The highest BCUT2D eigenvalue weighted by atomic mass is 79.9. The van der Waals surface area contributed by atoms with E-state index >= 15 is 0 Å². The largest absolute Gasteiger partial charge is 0.483 e. The van der Waals surface area contributed by atoms with Crippen LogP contribution in [0.15, 0.2) is 53.0 Å². The molecule has 3 nitrogen and oxygen atoms in total. The molecule has 0 aliphatic heterocycles. The predicted octanol–water partition coefficient (Wildman–Crippen LogP) is 4.76. The molecule has 2 aromatic carbocycles. The first-order valence-electron chi connectivity index (χ1n) is 7.14. The van der Waals surface area contributed by atoms with E-state index in [0.29, 0.717) is 0 Å². The summed E-state index contributed by atoms with van der Waals surface area (Å²) in [6.45, 7) is 6.35. The lowest BCUT2D eigenvalue weighted by molar-refractivity contribution is -0.118. The highest BCUT2D eigenvalue weighted by molar-refractivity contribution is 9.10. The molecular formula is C18H20BrNO2. The Morgan fingerprint density at radius 1 is 1.14 bits per heavy atom. The van der Waals surface area contributed by atoms with Crippen LogP contribution in [0, 0.1) is 0 Å². The zero-order chi connectivity index (χ0) is 16.2. The molecule has 0 atom stereocenters. The first kappa shape index (κ1) is 16.6. The van der Waals surface area contributed by atoms with E-state index in [9.17, 15) is 4.79 Å². The number of carbonyl (C=O) groups is 1. The van der Waals surface area contributed by atoms with Gasteiger partial charge in [0.2, 0.25) is 0 Å². The Bertz CT molecular complexity index is 662. The number of benzene rings is 2. The van der Waals surface area contributed by atoms with E-state index in [-0.39, 0.29) is 17.9 Å². The van der Waals surface area contributed by atoms with Crippen LogP contribution < -0.4 is 10.1 Å². The highest BCUT2D eigenvalue weighted by Crippen LogP contribution is 2.30. The molecule has 22 heavy (non-hydrogen) atoms. The molecule has 0 aromatic heterocycles. The van der Waals surface area contributed by atoms with Gasteiger partial charge in [-0.1, -0.05) is 61.0 Å². The number of hydrogen-bond acceptors (Lipinski definition) is 2. The third-order valence-electron chi connectivity index (χ3n) is 3.16. The van der Waals surface area contributed by atoms with Gasteiger partial charge in [-0.3, -0.25) is 4.79 Å². The van der Waals surface area contributed by atoms with Crippen LogP contribution in [-0.2, 0) is 10.2 Å². The Kier molecular flexibility index (Phi) is 5.24. The molecule has 0 saturated heterocycles. The Morgan fingerprint density at radius 3 is 2.55 bits per heavy atom. The number of hydrogen-bond donors (Lipinski definition) is 1. The molecule has 0 fully saturated rings. The summed E-state index contributed by atoms with van der Waals surface area (Å²) < 4.78 is 6.62. The second kappa shape index (κ2) is 6.97. The number of nitrogens with one attached hydrogen (secondary N) is 1. The number of amides is 1. The molecule has 1 N–H and O–H groups in total. The summed E-state index contributed by atoms with van der Waals surface area (Å²) in [6, 6.07) is 15.3. The molecule has 2 rings (SSSR count). The summed E-state index contributed by atoms with van der Waals surface area (Å²) in [5.41, 5.74) is 1.80. The second-order valence-corrected chi connectivity index (χ2v) is 7.01. The Morgan fingerprint density at radius 2 is 1.86 bits per heavy atom. The molecule has 2 aromatic rings. The summed E-state index contributed by atoms with van der Waals surface area (Å²) in [6.07, 6.45) is 0. The zero-order valence-corrected chi connectivity index (χ0v) is 14.6. The van der Waals surface area contributed by atoms with Gasteiger partial charge in [0.15, 0.2) is 6.61 Å². The minimum Gasteiger partial charge on any atom is -0.483 e. The van der Waals surface area contributed by atoms with Gasteiger partial charge < -0.3 is 10.1 Å². The summed E-state index contributed by atoms with van der Waals surface area (Å²) in [5, 5.41) is 2.82. The number of carbonyl (C=O) groups excluding carboxylic acids is 1. The summed E-state index contributed by atoms with van der Waals surface area (Å²) in [7, 11) is 0. The zero-order valence-electron chi connectivity index (χ0n) is 13.0. The fourth-order valence-corrected chi connectivity index (χ4v) is 2.52. The molecule has 4 heteroatoms. The van der Waals surface area contributed by atoms with Gasteiger partial charge in [-0.05, 0) is 35.2 Å². The summed E-state index contributed by atoms with van der Waals surface area (Å²) >= 11 is 3.38. The smallest absolute Gasteiger partial charge is 0.262 e.